The Labute approximate surface area is 169 Å². The van der Waals surface area contributed by atoms with Gasteiger partial charge in [0.2, 0.25) is 0 Å². The van der Waals surface area contributed by atoms with Crippen LogP contribution in [0.1, 0.15) is 43.7 Å². The lowest BCUT2D eigenvalue weighted by Gasteiger charge is -2.21. The molecular formula is C22H27N3O2S. The first kappa shape index (κ1) is 19.3. The van der Waals surface area contributed by atoms with Crippen molar-refractivity contribution >= 4 is 22.2 Å². The molecule has 1 aliphatic carbocycles. The molecule has 1 unspecified atom stereocenters. The van der Waals surface area contributed by atoms with Crippen molar-refractivity contribution in [3.63, 3.8) is 0 Å². The summed E-state index contributed by atoms with van der Waals surface area (Å²) in [7, 11) is 0. The van der Waals surface area contributed by atoms with E-state index in [0.29, 0.717) is 12.4 Å². The van der Waals surface area contributed by atoms with Gasteiger partial charge in [-0.3, -0.25) is 4.98 Å². The summed E-state index contributed by atoms with van der Waals surface area (Å²) in [5.41, 5.74) is 5.55. The molecule has 0 bridgehead atoms. The monoisotopic (exact) mass is 397 g/mol. The Morgan fingerprint density at radius 3 is 2.96 bits per heavy atom. The van der Waals surface area contributed by atoms with Gasteiger partial charge in [0.15, 0.2) is 0 Å². The molecule has 1 aliphatic rings. The van der Waals surface area contributed by atoms with E-state index in [9.17, 15) is 4.55 Å². The number of hydrogen-bond donors (Lipinski definition) is 1. The Morgan fingerprint density at radius 1 is 1.21 bits per heavy atom. The van der Waals surface area contributed by atoms with E-state index in [4.69, 9.17) is 9.72 Å². The number of rotatable bonds is 8. The van der Waals surface area contributed by atoms with Gasteiger partial charge in [0, 0.05) is 11.8 Å². The zero-order valence-electron chi connectivity index (χ0n) is 16.4. The van der Waals surface area contributed by atoms with E-state index in [1.54, 1.807) is 12.4 Å². The van der Waals surface area contributed by atoms with Crippen molar-refractivity contribution in [1.82, 2.24) is 15.0 Å². The molecule has 5 nitrogen and oxygen atoms in total. The van der Waals surface area contributed by atoms with Gasteiger partial charge in [0.05, 0.1) is 11.7 Å². The number of nitrogens with zero attached hydrogens (tertiary/aromatic N) is 2. The van der Waals surface area contributed by atoms with Crippen LogP contribution in [0.4, 0.5) is 0 Å². The Kier molecular flexibility index (Phi) is 6.17. The second kappa shape index (κ2) is 8.97. The average Bonchev–Trinajstić information content (AvgIpc) is 3.16. The van der Waals surface area contributed by atoms with Crippen LogP contribution in [0, 0.1) is 0 Å². The molecule has 0 fully saturated rings. The highest BCUT2D eigenvalue weighted by atomic mass is 32.2. The third-order valence-corrected chi connectivity index (χ3v) is 6.64. The number of aromatic nitrogens is 3. The van der Waals surface area contributed by atoms with E-state index >= 15 is 0 Å². The predicted octanol–water partition coefficient (Wildman–Crippen LogP) is 4.43. The Bertz CT molecular complexity index is 908. The van der Waals surface area contributed by atoms with Gasteiger partial charge < -0.3 is 14.3 Å². The van der Waals surface area contributed by atoms with Gasteiger partial charge in [-0.15, -0.1) is 0 Å². The normalized spacial score (nSPS) is 14.8. The number of aromatic amines is 1. The van der Waals surface area contributed by atoms with E-state index in [1.165, 1.54) is 24.0 Å². The van der Waals surface area contributed by atoms with Gasteiger partial charge in [-0.1, -0.05) is 24.5 Å². The minimum Gasteiger partial charge on any atom is -0.616 e. The number of benzene rings is 1. The second-order valence-corrected chi connectivity index (χ2v) is 9.04. The summed E-state index contributed by atoms with van der Waals surface area (Å²) in [6.45, 7) is 2.62. The van der Waals surface area contributed by atoms with Crippen molar-refractivity contribution in [2.45, 2.75) is 45.4 Å². The van der Waals surface area contributed by atoms with Crippen molar-refractivity contribution in [2.75, 3.05) is 18.1 Å². The summed E-state index contributed by atoms with van der Waals surface area (Å²) >= 11 is -0.798. The molecule has 3 aromatic rings. The molecule has 0 saturated carbocycles. The maximum absolute atomic E-state index is 12.1. The summed E-state index contributed by atoms with van der Waals surface area (Å²) in [6, 6.07) is 6.27. The van der Waals surface area contributed by atoms with Crippen LogP contribution in [0.2, 0.25) is 0 Å². The maximum atomic E-state index is 12.1. The van der Waals surface area contributed by atoms with Crippen LogP contribution in [0.15, 0.2) is 30.6 Å². The van der Waals surface area contributed by atoms with Crippen LogP contribution < -0.4 is 4.74 Å². The molecule has 28 heavy (non-hydrogen) atoms. The zero-order chi connectivity index (χ0) is 19.3. The molecule has 0 amide bonds. The molecule has 1 aromatic carbocycles. The number of ether oxygens (including phenoxy) is 1. The average molecular weight is 398 g/mol. The molecular weight excluding hydrogens is 370 g/mol. The molecule has 6 heteroatoms. The summed E-state index contributed by atoms with van der Waals surface area (Å²) in [5, 5.41) is 0. The fraction of sp³-hybridized carbons (Fsp3) is 0.455. The lowest BCUT2D eigenvalue weighted by Crippen LogP contribution is -2.18. The molecule has 2 heterocycles. The fourth-order valence-corrected chi connectivity index (χ4v) is 4.82. The number of pyridine rings is 1. The SMILES string of the molecule is CCCC[S+]([O-])CCOc1cc(-c2nc3cnccc3[nH]2)cc2c1CCCC2. The molecule has 0 spiro atoms. The van der Waals surface area contributed by atoms with Gasteiger partial charge >= 0.3 is 0 Å². The molecule has 1 N–H and O–H groups in total. The highest BCUT2D eigenvalue weighted by molar-refractivity contribution is 7.91. The van der Waals surface area contributed by atoms with Crippen molar-refractivity contribution in [1.29, 1.82) is 0 Å². The second-order valence-electron chi connectivity index (χ2n) is 7.35. The van der Waals surface area contributed by atoms with Crippen molar-refractivity contribution in [3.8, 4) is 17.1 Å². The number of aryl methyl sites for hydroxylation is 1. The van der Waals surface area contributed by atoms with Crippen LogP contribution in [0.25, 0.3) is 22.4 Å². The minimum absolute atomic E-state index is 0.496. The van der Waals surface area contributed by atoms with Crippen molar-refractivity contribution < 1.29 is 9.29 Å². The van der Waals surface area contributed by atoms with Crippen LogP contribution in [0.3, 0.4) is 0 Å². The number of hydrogen-bond acceptors (Lipinski definition) is 4. The fourth-order valence-electron chi connectivity index (χ4n) is 3.74. The molecule has 4 rings (SSSR count). The molecule has 1 atom stereocenters. The quantitative estimate of drug-likeness (QED) is 0.571. The van der Waals surface area contributed by atoms with Crippen LogP contribution in [-0.2, 0) is 24.0 Å². The molecule has 0 aliphatic heterocycles. The summed E-state index contributed by atoms with van der Waals surface area (Å²) in [5.74, 6) is 3.13. The third-order valence-electron chi connectivity index (χ3n) is 5.28. The van der Waals surface area contributed by atoms with Gasteiger partial charge in [0.1, 0.15) is 35.2 Å². The van der Waals surface area contributed by atoms with Gasteiger partial charge in [-0.2, -0.15) is 0 Å². The molecule has 0 saturated heterocycles. The van der Waals surface area contributed by atoms with E-state index in [1.807, 2.05) is 6.07 Å². The summed E-state index contributed by atoms with van der Waals surface area (Å²) in [4.78, 5) is 12.2. The number of H-pyrrole nitrogens is 1. The third kappa shape index (κ3) is 4.33. The zero-order valence-corrected chi connectivity index (χ0v) is 17.2. The first-order chi connectivity index (χ1) is 13.7. The Hall–Kier alpha value is -2.05. The Morgan fingerprint density at radius 2 is 2.11 bits per heavy atom. The number of unbranched alkanes of at least 4 members (excludes halogenated alkanes) is 1. The van der Waals surface area contributed by atoms with Gasteiger partial charge in [-0.05, 0) is 61.4 Å². The first-order valence-electron chi connectivity index (χ1n) is 10.2. The van der Waals surface area contributed by atoms with Gasteiger partial charge in [0.25, 0.3) is 0 Å². The van der Waals surface area contributed by atoms with Crippen LogP contribution >= 0.6 is 0 Å². The number of nitrogens with one attached hydrogen (secondary N) is 1. The van der Waals surface area contributed by atoms with Gasteiger partial charge in [-0.25, -0.2) is 4.98 Å². The number of imidazole rings is 1. The van der Waals surface area contributed by atoms with Crippen LogP contribution in [-0.4, -0.2) is 37.6 Å². The highest BCUT2D eigenvalue weighted by Gasteiger charge is 2.18. The van der Waals surface area contributed by atoms with E-state index < -0.39 is 11.2 Å². The minimum atomic E-state index is -0.798. The topological polar surface area (TPSA) is 73.9 Å². The molecule has 0 radical (unpaired) electrons. The Balaban J connectivity index is 1.57. The van der Waals surface area contributed by atoms with E-state index in [-0.39, 0.29) is 0 Å². The van der Waals surface area contributed by atoms with Crippen LogP contribution in [0.5, 0.6) is 5.75 Å². The maximum Gasteiger partial charge on any atom is 0.139 e. The molecule has 148 valence electrons. The highest BCUT2D eigenvalue weighted by Crippen LogP contribution is 2.34. The summed E-state index contributed by atoms with van der Waals surface area (Å²) in [6.07, 6.45) is 10.2. The first-order valence-corrected chi connectivity index (χ1v) is 11.7. The van der Waals surface area contributed by atoms with Crippen molar-refractivity contribution in [2.24, 2.45) is 0 Å². The summed E-state index contributed by atoms with van der Waals surface area (Å²) < 4.78 is 18.2. The largest absolute Gasteiger partial charge is 0.616 e. The lowest BCUT2D eigenvalue weighted by atomic mass is 9.89. The van der Waals surface area contributed by atoms with Crippen molar-refractivity contribution in [3.05, 3.63) is 41.7 Å². The smallest absolute Gasteiger partial charge is 0.139 e. The van der Waals surface area contributed by atoms with E-state index in [2.05, 4.69) is 29.0 Å². The van der Waals surface area contributed by atoms with E-state index in [0.717, 1.165) is 59.6 Å². The number of fused-ring (bicyclic) bond motifs is 2. The predicted molar refractivity (Wildman–Crippen MR) is 114 cm³/mol. The standard InChI is InChI=1S/C22H27N3O2S/c1-2-3-11-28(26)12-10-27-21-14-17(13-16-6-4-5-7-18(16)21)22-24-19-8-9-23-15-20(19)25-22/h8-9,13-15H,2-7,10-12H2,1H3,(H,24,25). The lowest BCUT2D eigenvalue weighted by molar-refractivity contribution is 0.335. The molecule has 2 aromatic heterocycles.